The van der Waals surface area contributed by atoms with Gasteiger partial charge in [0.2, 0.25) is 11.7 Å². The van der Waals surface area contributed by atoms with Gasteiger partial charge < -0.3 is 15.0 Å². The van der Waals surface area contributed by atoms with Gasteiger partial charge in [-0.2, -0.15) is 4.98 Å². The molecule has 5 nitrogen and oxygen atoms in total. The van der Waals surface area contributed by atoms with Crippen molar-refractivity contribution in [2.45, 2.75) is 45.3 Å². The van der Waals surface area contributed by atoms with Crippen LogP contribution in [-0.2, 0) is 10.3 Å². The Balaban J connectivity index is 2.92. The predicted octanol–water partition coefficient (Wildman–Crippen LogP) is 1.75. The van der Waals surface area contributed by atoms with Crippen LogP contribution in [0.3, 0.4) is 0 Å². The van der Waals surface area contributed by atoms with E-state index in [0.717, 1.165) is 12.8 Å². The molecule has 0 bridgehead atoms. The predicted molar refractivity (Wildman–Crippen MR) is 56.2 cm³/mol. The number of hydrogen-bond donors (Lipinski definition) is 1. The van der Waals surface area contributed by atoms with Crippen molar-refractivity contribution in [2.75, 3.05) is 7.11 Å². The van der Waals surface area contributed by atoms with Crippen molar-refractivity contribution in [1.29, 1.82) is 0 Å². The van der Waals surface area contributed by atoms with Gasteiger partial charge in [-0.1, -0.05) is 19.0 Å². The Kier molecular flexibility index (Phi) is 3.82. The van der Waals surface area contributed by atoms with Crippen LogP contribution in [0.5, 0.6) is 0 Å². The fourth-order valence-corrected chi connectivity index (χ4v) is 1.17. The summed E-state index contributed by atoms with van der Waals surface area (Å²) in [7, 11) is 1.64. The smallest absolute Gasteiger partial charge is 0.243 e. The van der Waals surface area contributed by atoms with Gasteiger partial charge in [0.1, 0.15) is 5.60 Å². The van der Waals surface area contributed by atoms with Gasteiger partial charge in [0.05, 0.1) is 6.04 Å². The lowest BCUT2D eigenvalue weighted by molar-refractivity contribution is -0.0106. The summed E-state index contributed by atoms with van der Waals surface area (Å²) in [6.07, 6.45) is 1.56. The molecule has 1 aromatic rings. The molecular formula is C10H19N3O2. The molecule has 2 N–H and O–H groups in total. The van der Waals surface area contributed by atoms with Gasteiger partial charge in [0, 0.05) is 7.11 Å². The zero-order valence-corrected chi connectivity index (χ0v) is 9.78. The highest BCUT2D eigenvalue weighted by atomic mass is 16.5. The Labute approximate surface area is 90.0 Å². The summed E-state index contributed by atoms with van der Waals surface area (Å²) in [4.78, 5) is 4.27. The van der Waals surface area contributed by atoms with Crippen molar-refractivity contribution in [3.63, 3.8) is 0 Å². The minimum atomic E-state index is -0.491. The van der Waals surface area contributed by atoms with Gasteiger partial charge >= 0.3 is 0 Å². The lowest BCUT2D eigenvalue weighted by Gasteiger charge is -2.21. The van der Waals surface area contributed by atoms with Gasteiger partial charge in [-0.25, -0.2) is 0 Å². The van der Waals surface area contributed by atoms with E-state index in [0.29, 0.717) is 11.7 Å². The normalized spacial score (nSPS) is 17.4. The van der Waals surface area contributed by atoms with Crippen LogP contribution in [0.15, 0.2) is 4.52 Å². The van der Waals surface area contributed by atoms with Gasteiger partial charge in [-0.15, -0.1) is 0 Å². The summed E-state index contributed by atoms with van der Waals surface area (Å²) in [5.74, 6) is 1.04. The van der Waals surface area contributed by atoms with Gasteiger partial charge in [0.15, 0.2) is 0 Å². The highest BCUT2D eigenvalue weighted by molar-refractivity contribution is 5.00. The Morgan fingerprint density at radius 3 is 2.67 bits per heavy atom. The van der Waals surface area contributed by atoms with E-state index in [1.807, 2.05) is 20.8 Å². The Hall–Kier alpha value is -0.940. The number of methoxy groups -OCH3 is 1. The lowest BCUT2D eigenvalue weighted by Crippen LogP contribution is -2.25. The molecule has 2 atom stereocenters. The van der Waals surface area contributed by atoms with Crippen LogP contribution >= 0.6 is 0 Å². The van der Waals surface area contributed by atoms with Crippen molar-refractivity contribution in [2.24, 2.45) is 5.73 Å². The summed E-state index contributed by atoms with van der Waals surface area (Å²) in [5, 5.41) is 3.91. The maximum Gasteiger partial charge on any atom is 0.243 e. The average molecular weight is 213 g/mol. The number of aromatic nitrogens is 2. The summed E-state index contributed by atoms with van der Waals surface area (Å²) in [6.45, 7) is 5.92. The van der Waals surface area contributed by atoms with Crippen LogP contribution in [0, 0.1) is 0 Å². The summed E-state index contributed by atoms with van der Waals surface area (Å²) < 4.78 is 10.5. The first-order valence-electron chi connectivity index (χ1n) is 5.22. The standard InChI is InChI=1S/C10H19N3O2/c1-5-7(11)8-12-9(13-15-8)10(3,6-2)14-4/h7H,5-6,11H2,1-4H3/t7-,10?/m1/s1. The Morgan fingerprint density at radius 2 is 2.20 bits per heavy atom. The second-order valence-electron chi connectivity index (χ2n) is 3.76. The number of nitrogens with zero attached hydrogens (tertiary/aromatic N) is 2. The van der Waals surface area contributed by atoms with E-state index in [9.17, 15) is 0 Å². The summed E-state index contributed by atoms with van der Waals surface area (Å²) in [6, 6.07) is -0.191. The second-order valence-corrected chi connectivity index (χ2v) is 3.76. The molecule has 1 aromatic heterocycles. The molecule has 0 fully saturated rings. The highest BCUT2D eigenvalue weighted by Crippen LogP contribution is 2.26. The molecular weight excluding hydrogens is 194 g/mol. The van der Waals surface area contributed by atoms with Crippen molar-refractivity contribution >= 4 is 0 Å². The fraction of sp³-hybridized carbons (Fsp3) is 0.800. The molecule has 0 aliphatic carbocycles. The summed E-state index contributed by atoms with van der Waals surface area (Å²) >= 11 is 0. The minimum Gasteiger partial charge on any atom is -0.370 e. The molecule has 0 radical (unpaired) electrons. The molecule has 1 heterocycles. The van der Waals surface area contributed by atoms with Crippen molar-refractivity contribution in [3.05, 3.63) is 11.7 Å². The minimum absolute atomic E-state index is 0.191. The van der Waals surface area contributed by atoms with Gasteiger partial charge in [-0.05, 0) is 19.8 Å². The number of nitrogens with two attached hydrogens (primary N) is 1. The van der Waals surface area contributed by atoms with Crippen molar-refractivity contribution < 1.29 is 9.26 Å². The molecule has 0 saturated heterocycles. The first kappa shape index (κ1) is 12.1. The quantitative estimate of drug-likeness (QED) is 0.806. The second kappa shape index (κ2) is 4.72. The molecule has 86 valence electrons. The van der Waals surface area contributed by atoms with E-state index in [1.165, 1.54) is 0 Å². The first-order chi connectivity index (χ1) is 7.07. The SMILES string of the molecule is CC[C@@H](N)c1nc(C(C)(CC)OC)no1. The summed E-state index contributed by atoms with van der Waals surface area (Å²) in [5.41, 5.74) is 5.31. The number of rotatable bonds is 5. The molecule has 0 saturated carbocycles. The molecule has 0 amide bonds. The van der Waals surface area contributed by atoms with Crippen LogP contribution < -0.4 is 5.73 Å². The van der Waals surface area contributed by atoms with Gasteiger partial charge in [0.25, 0.3) is 0 Å². The topological polar surface area (TPSA) is 74.2 Å². The van der Waals surface area contributed by atoms with Crippen LogP contribution in [-0.4, -0.2) is 17.3 Å². The van der Waals surface area contributed by atoms with E-state index in [2.05, 4.69) is 10.1 Å². The van der Waals surface area contributed by atoms with E-state index in [1.54, 1.807) is 7.11 Å². The van der Waals surface area contributed by atoms with Crippen LogP contribution in [0.1, 0.15) is 51.4 Å². The van der Waals surface area contributed by atoms with E-state index < -0.39 is 5.60 Å². The third-order valence-electron chi connectivity index (χ3n) is 2.80. The lowest BCUT2D eigenvalue weighted by atomic mass is 10.0. The van der Waals surface area contributed by atoms with E-state index >= 15 is 0 Å². The largest absolute Gasteiger partial charge is 0.370 e. The zero-order valence-electron chi connectivity index (χ0n) is 9.78. The molecule has 0 spiro atoms. The van der Waals surface area contributed by atoms with Crippen LogP contribution in [0.4, 0.5) is 0 Å². The molecule has 0 aliphatic heterocycles. The van der Waals surface area contributed by atoms with Crippen LogP contribution in [0.25, 0.3) is 0 Å². The molecule has 1 unspecified atom stereocenters. The molecule has 15 heavy (non-hydrogen) atoms. The molecule has 0 aromatic carbocycles. The monoisotopic (exact) mass is 213 g/mol. The van der Waals surface area contributed by atoms with Crippen molar-refractivity contribution in [3.8, 4) is 0 Å². The first-order valence-corrected chi connectivity index (χ1v) is 5.22. The number of hydrogen-bond acceptors (Lipinski definition) is 5. The molecule has 1 rings (SSSR count). The zero-order chi connectivity index (χ0) is 11.5. The maximum atomic E-state index is 5.80. The van der Waals surface area contributed by atoms with Crippen LogP contribution in [0.2, 0.25) is 0 Å². The third kappa shape index (κ3) is 2.35. The van der Waals surface area contributed by atoms with E-state index in [-0.39, 0.29) is 6.04 Å². The fourth-order valence-electron chi connectivity index (χ4n) is 1.17. The third-order valence-corrected chi connectivity index (χ3v) is 2.80. The Morgan fingerprint density at radius 1 is 1.53 bits per heavy atom. The van der Waals surface area contributed by atoms with Crippen molar-refractivity contribution in [1.82, 2.24) is 10.1 Å². The van der Waals surface area contributed by atoms with E-state index in [4.69, 9.17) is 15.0 Å². The highest BCUT2D eigenvalue weighted by Gasteiger charge is 2.30. The Bertz CT molecular complexity index is 307. The van der Waals surface area contributed by atoms with Gasteiger partial charge in [-0.3, -0.25) is 0 Å². The molecule has 0 aliphatic rings. The maximum absolute atomic E-state index is 5.80. The average Bonchev–Trinajstić information content (AvgIpc) is 2.76. The number of ether oxygens (including phenoxy) is 1. The molecule has 5 heteroatoms.